The van der Waals surface area contributed by atoms with E-state index >= 15 is 0 Å². The Morgan fingerprint density at radius 2 is 2.00 bits per heavy atom. The summed E-state index contributed by atoms with van der Waals surface area (Å²) in [6.07, 6.45) is 2.15. The molecule has 2 saturated heterocycles. The van der Waals surface area contributed by atoms with Crippen LogP contribution in [0.25, 0.3) is 0 Å². The maximum Gasteiger partial charge on any atom is 0.123 e. The molecule has 19 heavy (non-hydrogen) atoms. The summed E-state index contributed by atoms with van der Waals surface area (Å²) in [5.41, 5.74) is 1.18. The van der Waals surface area contributed by atoms with Crippen LogP contribution in [-0.4, -0.2) is 35.5 Å². The van der Waals surface area contributed by atoms with Crippen LogP contribution in [0.15, 0.2) is 24.3 Å². The molecule has 0 bridgehead atoms. The molecule has 0 saturated carbocycles. The standard InChI is InChI=1S/C14H19FN2OS/c15-13-3-1-12(2-4-13)9-17-10-14(18-11-19-17)5-7-16-8-6-14/h1-4,16H,5-11H2. The Balaban J connectivity index is 1.63. The highest BCUT2D eigenvalue weighted by Gasteiger charge is 2.38. The van der Waals surface area contributed by atoms with Gasteiger partial charge in [-0.15, -0.1) is 0 Å². The molecule has 0 radical (unpaired) electrons. The van der Waals surface area contributed by atoms with Crippen LogP contribution in [0.2, 0.25) is 0 Å². The largest absolute Gasteiger partial charge is 0.362 e. The molecule has 104 valence electrons. The highest BCUT2D eigenvalue weighted by atomic mass is 32.2. The molecular formula is C14H19FN2OS. The van der Waals surface area contributed by atoms with Crippen LogP contribution < -0.4 is 5.32 Å². The van der Waals surface area contributed by atoms with E-state index in [9.17, 15) is 4.39 Å². The number of ether oxygens (including phenoxy) is 1. The number of benzene rings is 1. The van der Waals surface area contributed by atoms with E-state index in [0.717, 1.165) is 50.5 Å². The Kier molecular flexibility index (Phi) is 4.07. The topological polar surface area (TPSA) is 24.5 Å². The van der Waals surface area contributed by atoms with Gasteiger partial charge >= 0.3 is 0 Å². The molecule has 1 aromatic rings. The predicted octanol–water partition coefficient (Wildman–Crippen LogP) is 2.39. The van der Waals surface area contributed by atoms with Crippen molar-refractivity contribution in [2.24, 2.45) is 0 Å². The van der Waals surface area contributed by atoms with E-state index in [1.54, 1.807) is 11.9 Å². The lowest BCUT2D eigenvalue weighted by Crippen LogP contribution is -2.52. The SMILES string of the molecule is Fc1ccc(CN2CC3(CCNCC3)OCS2)cc1. The first-order chi connectivity index (χ1) is 9.26. The summed E-state index contributed by atoms with van der Waals surface area (Å²) in [6.45, 7) is 3.88. The van der Waals surface area contributed by atoms with Gasteiger partial charge in [-0.05, 0) is 55.6 Å². The molecule has 0 unspecified atom stereocenters. The summed E-state index contributed by atoms with van der Waals surface area (Å²) in [7, 11) is 0. The van der Waals surface area contributed by atoms with E-state index < -0.39 is 0 Å². The quantitative estimate of drug-likeness (QED) is 0.842. The minimum Gasteiger partial charge on any atom is -0.362 e. The molecule has 0 aliphatic carbocycles. The van der Waals surface area contributed by atoms with Crippen LogP contribution in [0.5, 0.6) is 0 Å². The Hall–Kier alpha value is -0.620. The molecule has 5 heteroatoms. The Bertz CT molecular complexity index is 414. The Labute approximate surface area is 117 Å². The number of piperidine rings is 1. The van der Waals surface area contributed by atoms with Crippen LogP contribution in [0.4, 0.5) is 4.39 Å². The minimum atomic E-state index is -0.173. The zero-order chi connectivity index (χ0) is 13.1. The van der Waals surface area contributed by atoms with Crippen molar-refractivity contribution in [1.82, 2.24) is 9.62 Å². The number of hydrogen-bond acceptors (Lipinski definition) is 4. The second kappa shape index (κ2) is 5.79. The molecular weight excluding hydrogens is 263 g/mol. The fourth-order valence-electron chi connectivity index (χ4n) is 2.72. The van der Waals surface area contributed by atoms with Crippen LogP contribution in [0, 0.1) is 5.82 Å². The van der Waals surface area contributed by atoms with Gasteiger partial charge in [0.15, 0.2) is 0 Å². The van der Waals surface area contributed by atoms with Crippen molar-refractivity contribution in [3.63, 3.8) is 0 Å². The van der Waals surface area contributed by atoms with Crippen LogP contribution in [-0.2, 0) is 11.3 Å². The summed E-state index contributed by atoms with van der Waals surface area (Å²) in [5, 5.41) is 3.38. The molecule has 1 N–H and O–H groups in total. The van der Waals surface area contributed by atoms with Crippen molar-refractivity contribution in [2.75, 3.05) is 25.6 Å². The van der Waals surface area contributed by atoms with Gasteiger partial charge in [0.25, 0.3) is 0 Å². The molecule has 2 fully saturated rings. The van der Waals surface area contributed by atoms with Crippen LogP contribution >= 0.6 is 11.9 Å². The lowest BCUT2D eigenvalue weighted by atomic mass is 9.92. The van der Waals surface area contributed by atoms with Crippen molar-refractivity contribution < 1.29 is 9.13 Å². The second-order valence-electron chi connectivity index (χ2n) is 5.25. The number of nitrogens with one attached hydrogen (secondary N) is 1. The monoisotopic (exact) mass is 282 g/mol. The normalized spacial score (nSPS) is 23.6. The first-order valence-corrected chi connectivity index (χ1v) is 7.67. The van der Waals surface area contributed by atoms with E-state index in [4.69, 9.17) is 4.74 Å². The summed E-state index contributed by atoms with van der Waals surface area (Å²) in [4.78, 5) is 0. The molecule has 2 aliphatic rings. The van der Waals surface area contributed by atoms with Gasteiger partial charge in [-0.1, -0.05) is 12.1 Å². The summed E-state index contributed by atoms with van der Waals surface area (Å²) in [6, 6.07) is 6.78. The van der Waals surface area contributed by atoms with Crippen molar-refractivity contribution in [1.29, 1.82) is 0 Å². The number of rotatable bonds is 2. The van der Waals surface area contributed by atoms with Gasteiger partial charge in [0.1, 0.15) is 11.8 Å². The lowest BCUT2D eigenvalue weighted by Gasteiger charge is -2.44. The average molecular weight is 282 g/mol. The molecule has 1 aromatic carbocycles. The Morgan fingerprint density at radius 1 is 1.26 bits per heavy atom. The molecule has 3 nitrogen and oxygen atoms in total. The zero-order valence-corrected chi connectivity index (χ0v) is 11.7. The molecule has 0 aromatic heterocycles. The number of halogens is 1. The minimum absolute atomic E-state index is 0.0243. The van der Waals surface area contributed by atoms with E-state index in [-0.39, 0.29) is 11.4 Å². The summed E-state index contributed by atoms with van der Waals surface area (Å²) >= 11 is 1.73. The molecule has 0 amide bonds. The first kappa shape index (κ1) is 13.4. The van der Waals surface area contributed by atoms with E-state index in [0.29, 0.717) is 0 Å². The second-order valence-corrected chi connectivity index (χ2v) is 6.26. The predicted molar refractivity (Wildman–Crippen MR) is 75.2 cm³/mol. The van der Waals surface area contributed by atoms with Crippen LogP contribution in [0.3, 0.4) is 0 Å². The van der Waals surface area contributed by atoms with E-state index in [1.807, 2.05) is 12.1 Å². The third kappa shape index (κ3) is 3.28. The van der Waals surface area contributed by atoms with Gasteiger partial charge < -0.3 is 10.1 Å². The van der Waals surface area contributed by atoms with Crippen molar-refractivity contribution in [3.05, 3.63) is 35.6 Å². The average Bonchev–Trinajstić information content (AvgIpc) is 2.42. The fourth-order valence-corrected chi connectivity index (χ4v) is 3.74. The molecule has 3 rings (SSSR count). The number of nitrogens with zero attached hydrogens (tertiary/aromatic N) is 1. The first-order valence-electron chi connectivity index (χ1n) is 6.73. The van der Waals surface area contributed by atoms with Gasteiger partial charge in [-0.2, -0.15) is 0 Å². The Morgan fingerprint density at radius 3 is 2.74 bits per heavy atom. The van der Waals surface area contributed by atoms with Gasteiger partial charge in [0.2, 0.25) is 0 Å². The summed E-state index contributed by atoms with van der Waals surface area (Å²) < 4.78 is 21.3. The van der Waals surface area contributed by atoms with Gasteiger partial charge in [-0.25, -0.2) is 8.70 Å². The van der Waals surface area contributed by atoms with E-state index in [1.165, 1.54) is 12.1 Å². The van der Waals surface area contributed by atoms with Gasteiger partial charge in [0, 0.05) is 13.1 Å². The van der Waals surface area contributed by atoms with E-state index in [2.05, 4.69) is 9.62 Å². The highest BCUT2D eigenvalue weighted by Crippen LogP contribution is 2.33. The molecule has 1 spiro atoms. The molecule has 2 aliphatic heterocycles. The van der Waals surface area contributed by atoms with Crippen LogP contribution in [0.1, 0.15) is 18.4 Å². The van der Waals surface area contributed by atoms with Gasteiger partial charge in [-0.3, -0.25) is 0 Å². The maximum atomic E-state index is 12.9. The van der Waals surface area contributed by atoms with Crippen molar-refractivity contribution in [3.8, 4) is 0 Å². The van der Waals surface area contributed by atoms with Crippen molar-refractivity contribution in [2.45, 2.75) is 25.0 Å². The van der Waals surface area contributed by atoms with Crippen molar-refractivity contribution >= 4 is 11.9 Å². The third-order valence-corrected chi connectivity index (χ3v) is 4.70. The maximum absolute atomic E-state index is 12.9. The lowest BCUT2D eigenvalue weighted by molar-refractivity contribution is -0.0642. The molecule has 0 atom stereocenters. The fraction of sp³-hybridized carbons (Fsp3) is 0.571. The summed E-state index contributed by atoms with van der Waals surface area (Å²) in [5.74, 6) is 0.550. The third-order valence-electron chi connectivity index (χ3n) is 3.85. The zero-order valence-electron chi connectivity index (χ0n) is 10.9. The number of hydrogen-bond donors (Lipinski definition) is 1. The highest BCUT2D eigenvalue weighted by molar-refractivity contribution is 7.96. The van der Waals surface area contributed by atoms with Gasteiger partial charge in [0.05, 0.1) is 5.60 Å². The smallest absolute Gasteiger partial charge is 0.123 e. The molecule has 2 heterocycles.